The molecule has 0 aliphatic rings. The molecule has 0 aliphatic carbocycles. The number of carbonyl (C=O) groups is 1. The van der Waals surface area contributed by atoms with Crippen LogP contribution in [0.2, 0.25) is 0 Å². The van der Waals surface area contributed by atoms with E-state index < -0.39 is 4.92 Å². The summed E-state index contributed by atoms with van der Waals surface area (Å²) in [6.45, 7) is 8.30. The first-order valence-corrected chi connectivity index (χ1v) is 11.4. The first-order chi connectivity index (χ1) is 15.7. The molecule has 0 saturated carbocycles. The van der Waals surface area contributed by atoms with Crippen molar-refractivity contribution in [3.8, 4) is 5.75 Å². The van der Waals surface area contributed by atoms with E-state index >= 15 is 0 Å². The zero-order valence-electron chi connectivity index (χ0n) is 19.3. The van der Waals surface area contributed by atoms with E-state index in [4.69, 9.17) is 4.74 Å². The van der Waals surface area contributed by atoms with Crippen molar-refractivity contribution < 1.29 is 14.5 Å². The van der Waals surface area contributed by atoms with Crippen LogP contribution in [0.1, 0.15) is 42.3 Å². The maximum absolute atomic E-state index is 12.4. The molecule has 0 aliphatic heterocycles. The van der Waals surface area contributed by atoms with E-state index in [1.807, 2.05) is 20.0 Å². The SMILES string of the molecule is Cc1ccc(C(C)C)c(OCc2nnc(SCC(=O)Nc3cc([N+](=O)[O-])ccc3C)n2C)c1. The Bertz CT molecular complexity index is 1180. The summed E-state index contributed by atoms with van der Waals surface area (Å²) in [6, 6.07) is 10.5. The molecule has 3 rings (SSSR count). The molecule has 0 bridgehead atoms. The van der Waals surface area contributed by atoms with Crippen molar-refractivity contribution in [1.82, 2.24) is 14.8 Å². The van der Waals surface area contributed by atoms with Crippen LogP contribution in [0.4, 0.5) is 11.4 Å². The summed E-state index contributed by atoms with van der Waals surface area (Å²) in [5.41, 5.74) is 3.34. The number of nitro groups is 1. The van der Waals surface area contributed by atoms with Gasteiger partial charge in [-0.2, -0.15) is 0 Å². The smallest absolute Gasteiger partial charge is 0.271 e. The number of rotatable bonds is 9. The molecule has 33 heavy (non-hydrogen) atoms. The lowest BCUT2D eigenvalue weighted by atomic mass is 10.0. The molecule has 1 heterocycles. The maximum atomic E-state index is 12.4. The van der Waals surface area contributed by atoms with Crippen molar-refractivity contribution in [2.24, 2.45) is 7.05 Å². The average molecular weight is 470 g/mol. The Morgan fingerprint density at radius 1 is 1.21 bits per heavy atom. The van der Waals surface area contributed by atoms with Crippen LogP contribution in [0.5, 0.6) is 5.75 Å². The summed E-state index contributed by atoms with van der Waals surface area (Å²) >= 11 is 1.23. The molecule has 1 N–H and O–H groups in total. The predicted molar refractivity (Wildman–Crippen MR) is 128 cm³/mol. The summed E-state index contributed by atoms with van der Waals surface area (Å²) in [6.07, 6.45) is 0. The van der Waals surface area contributed by atoms with E-state index in [2.05, 4.69) is 41.5 Å². The van der Waals surface area contributed by atoms with Crippen LogP contribution in [0.25, 0.3) is 0 Å². The number of nitrogens with one attached hydrogen (secondary N) is 1. The molecule has 10 heteroatoms. The number of amides is 1. The second kappa shape index (κ2) is 10.5. The molecule has 1 aromatic heterocycles. The fourth-order valence-electron chi connectivity index (χ4n) is 3.16. The van der Waals surface area contributed by atoms with E-state index in [1.165, 1.54) is 23.9 Å². The number of ether oxygens (including phenoxy) is 1. The van der Waals surface area contributed by atoms with Crippen LogP contribution in [0.3, 0.4) is 0 Å². The maximum Gasteiger partial charge on any atom is 0.271 e. The van der Waals surface area contributed by atoms with Crippen molar-refractivity contribution in [3.05, 3.63) is 69.0 Å². The largest absolute Gasteiger partial charge is 0.485 e. The van der Waals surface area contributed by atoms with Crippen molar-refractivity contribution in [2.45, 2.75) is 45.4 Å². The van der Waals surface area contributed by atoms with Gasteiger partial charge in [0.1, 0.15) is 12.4 Å². The number of nitro benzene ring substituents is 1. The lowest BCUT2D eigenvalue weighted by molar-refractivity contribution is -0.384. The Balaban J connectivity index is 1.61. The topological polar surface area (TPSA) is 112 Å². The van der Waals surface area contributed by atoms with E-state index in [-0.39, 0.29) is 24.0 Å². The van der Waals surface area contributed by atoms with Gasteiger partial charge in [-0.15, -0.1) is 10.2 Å². The summed E-state index contributed by atoms with van der Waals surface area (Å²) in [5.74, 6) is 1.60. The quantitative estimate of drug-likeness (QED) is 0.273. The molecule has 1 amide bonds. The highest BCUT2D eigenvalue weighted by Crippen LogP contribution is 2.28. The number of anilines is 1. The van der Waals surface area contributed by atoms with E-state index in [9.17, 15) is 14.9 Å². The number of benzene rings is 2. The molecule has 0 atom stereocenters. The Kier molecular flexibility index (Phi) is 7.70. The van der Waals surface area contributed by atoms with Gasteiger partial charge >= 0.3 is 0 Å². The minimum atomic E-state index is -0.492. The molecule has 0 spiro atoms. The Morgan fingerprint density at radius 2 is 1.97 bits per heavy atom. The minimum Gasteiger partial charge on any atom is -0.485 e. The van der Waals surface area contributed by atoms with Crippen LogP contribution in [0, 0.1) is 24.0 Å². The summed E-state index contributed by atoms with van der Waals surface area (Å²) < 4.78 is 7.83. The van der Waals surface area contributed by atoms with Crippen LogP contribution in [0.15, 0.2) is 41.6 Å². The number of aromatic nitrogens is 3. The van der Waals surface area contributed by atoms with Gasteiger partial charge in [0, 0.05) is 19.2 Å². The van der Waals surface area contributed by atoms with Gasteiger partial charge in [0.2, 0.25) is 5.91 Å². The first-order valence-electron chi connectivity index (χ1n) is 10.4. The molecular formula is C23H27N5O4S. The van der Waals surface area contributed by atoms with E-state index in [1.54, 1.807) is 17.6 Å². The zero-order chi connectivity index (χ0) is 24.1. The fourth-order valence-corrected chi connectivity index (χ4v) is 3.89. The normalized spacial score (nSPS) is 11.0. The van der Waals surface area contributed by atoms with Gasteiger partial charge in [-0.05, 0) is 42.5 Å². The van der Waals surface area contributed by atoms with Crippen molar-refractivity contribution in [2.75, 3.05) is 11.1 Å². The Hall–Kier alpha value is -3.40. The number of aryl methyl sites for hydroxylation is 2. The molecule has 0 saturated heterocycles. The molecule has 2 aromatic carbocycles. The van der Waals surface area contributed by atoms with Crippen molar-refractivity contribution in [1.29, 1.82) is 0 Å². The molecular weight excluding hydrogens is 442 g/mol. The first kappa shape index (κ1) is 24.2. The summed E-state index contributed by atoms with van der Waals surface area (Å²) in [5, 5.41) is 22.6. The van der Waals surface area contributed by atoms with Crippen LogP contribution in [-0.2, 0) is 18.4 Å². The number of thioether (sulfide) groups is 1. The highest BCUT2D eigenvalue weighted by molar-refractivity contribution is 7.99. The molecule has 9 nitrogen and oxygen atoms in total. The lowest BCUT2D eigenvalue weighted by Gasteiger charge is -2.14. The average Bonchev–Trinajstić information content (AvgIpc) is 3.11. The molecule has 0 radical (unpaired) electrons. The fraction of sp³-hybridized carbons (Fsp3) is 0.348. The highest BCUT2D eigenvalue weighted by atomic mass is 32.2. The number of hydrogen-bond acceptors (Lipinski definition) is 7. The molecule has 0 fully saturated rings. The van der Waals surface area contributed by atoms with Gasteiger partial charge in [-0.1, -0.05) is 43.8 Å². The third-order valence-corrected chi connectivity index (χ3v) is 6.13. The van der Waals surface area contributed by atoms with Gasteiger partial charge in [-0.3, -0.25) is 14.9 Å². The predicted octanol–water partition coefficient (Wildman–Crippen LogP) is 4.77. The molecule has 3 aromatic rings. The van der Waals surface area contributed by atoms with Crippen molar-refractivity contribution >= 4 is 29.0 Å². The minimum absolute atomic E-state index is 0.0734. The molecule has 174 valence electrons. The van der Waals surface area contributed by atoms with Gasteiger partial charge < -0.3 is 14.6 Å². The summed E-state index contributed by atoms with van der Waals surface area (Å²) in [4.78, 5) is 22.9. The highest BCUT2D eigenvalue weighted by Gasteiger charge is 2.15. The van der Waals surface area contributed by atoms with E-state index in [0.29, 0.717) is 22.6 Å². The van der Waals surface area contributed by atoms with Gasteiger partial charge in [0.15, 0.2) is 11.0 Å². The molecule has 0 unspecified atom stereocenters. The standard InChI is InChI=1S/C23H27N5O4S/c1-14(2)18-9-6-15(3)10-20(18)32-12-21-25-26-23(27(21)5)33-13-22(29)24-19-11-17(28(30)31)8-7-16(19)4/h6-11,14H,12-13H2,1-5H3,(H,24,29). The Morgan fingerprint density at radius 3 is 2.67 bits per heavy atom. The van der Waals surface area contributed by atoms with Crippen molar-refractivity contribution in [3.63, 3.8) is 0 Å². The second-order valence-corrected chi connectivity index (χ2v) is 8.98. The second-order valence-electron chi connectivity index (χ2n) is 8.04. The summed E-state index contributed by atoms with van der Waals surface area (Å²) in [7, 11) is 1.82. The third-order valence-electron chi connectivity index (χ3n) is 5.11. The monoisotopic (exact) mass is 469 g/mol. The number of carbonyl (C=O) groups excluding carboxylic acids is 1. The number of hydrogen-bond donors (Lipinski definition) is 1. The number of nitrogens with zero attached hydrogens (tertiary/aromatic N) is 4. The number of non-ortho nitro benzene ring substituents is 1. The van der Waals surface area contributed by atoms with Crippen LogP contribution < -0.4 is 10.1 Å². The third kappa shape index (κ3) is 6.10. The van der Waals surface area contributed by atoms with Gasteiger partial charge in [0.05, 0.1) is 16.4 Å². The van der Waals surface area contributed by atoms with Gasteiger partial charge in [0.25, 0.3) is 5.69 Å². The lowest BCUT2D eigenvalue weighted by Crippen LogP contribution is -2.15. The van der Waals surface area contributed by atoms with Gasteiger partial charge in [-0.25, -0.2) is 0 Å². The van der Waals surface area contributed by atoms with Crippen LogP contribution in [-0.4, -0.2) is 31.3 Å². The Labute approximate surface area is 196 Å². The van der Waals surface area contributed by atoms with Crippen LogP contribution >= 0.6 is 11.8 Å². The van der Waals surface area contributed by atoms with E-state index in [0.717, 1.165) is 22.4 Å². The zero-order valence-corrected chi connectivity index (χ0v) is 20.1.